The molecule has 0 fully saturated rings. The number of guanidine groups is 1. The molecule has 0 saturated carbocycles. The van der Waals surface area contributed by atoms with Crippen molar-refractivity contribution in [2.24, 2.45) is 33.7 Å². The summed E-state index contributed by atoms with van der Waals surface area (Å²) in [6, 6.07) is 2.77. The number of carbonyl (C=O) groups excluding carboxylic acids is 5. The van der Waals surface area contributed by atoms with E-state index in [0.29, 0.717) is 12.0 Å². The molecule has 39 heavy (non-hydrogen) atoms. The van der Waals surface area contributed by atoms with E-state index < -0.39 is 72.5 Å². The van der Waals surface area contributed by atoms with Crippen LogP contribution < -0.4 is 44.6 Å². The molecule has 16 nitrogen and oxygen atoms in total. The number of carboxylic acids is 1. The molecule has 1 aromatic rings. The molecule has 214 valence electrons. The zero-order valence-corrected chi connectivity index (χ0v) is 21.2. The monoisotopic (exact) mass is 549 g/mol. The van der Waals surface area contributed by atoms with Crippen molar-refractivity contribution in [3.05, 3.63) is 35.9 Å². The summed E-state index contributed by atoms with van der Waals surface area (Å²) in [6.45, 7) is 0.208. The second-order valence-corrected chi connectivity index (χ2v) is 8.61. The average molecular weight is 550 g/mol. The van der Waals surface area contributed by atoms with Crippen molar-refractivity contribution >= 4 is 41.5 Å². The lowest BCUT2D eigenvalue weighted by molar-refractivity contribution is -0.142. The molecule has 14 N–H and O–H groups in total. The number of aliphatic imine (C=N–C) groups is 1. The average Bonchev–Trinajstić information content (AvgIpc) is 2.84. The first-order chi connectivity index (χ1) is 18.3. The molecule has 0 saturated heterocycles. The van der Waals surface area contributed by atoms with Crippen LogP contribution in [0.15, 0.2) is 35.3 Å². The SMILES string of the molecule is NC(=O)C[C@H](NC(=O)[C@H](CC(N)=O)NC(=O)[C@@H](N)CCCN=C(N)N)C(=O)N[C@@H](Cc1ccccc1)C(=O)O. The number of carboxylic acid groups (broad SMARTS) is 1. The normalized spacial score (nSPS) is 13.6. The van der Waals surface area contributed by atoms with E-state index in [9.17, 15) is 33.9 Å². The van der Waals surface area contributed by atoms with E-state index in [2.05, 4.69) is 20.9 Å². The van der Waals surface area contributed by atoms with Crippen molar-refractivity contribution < 1.29 is 33.9 Å². The number of hydrogen-bond acceptors (Lipinski definition) is 8. The Morgan fingerprint density at radius 1 is 0.769 bits per heavy atom. The van der Waals surface area contributed by atoms with Crippen LogP contribution in [0.1, 0.15) is 31.2 Å². The van der Waals surface area contributed by atoms with Crippen molar-refractivity contribution in [3.8, 4) is 0 Å². The summed E-state index contributed by atoms with van der Waals surface area (Å²) in [4.78, 5) is 76.9. The van der Waals surface area contributed by atoms with E-state index in [-0.39, 0.29) is 25.3 Å². The van der Waals surface area contributed by atoms with E-state index in [0.717, 1.165) is 0 Å². The standard InChI is InChI=1S/C23H35N9O7/c24-13(7-4-8-29-23(27)28)19(35)30-14(10-17(25)33)20(36)31-15(11-18(26)34)21(37)32-16(22(38)39)9-12-5-2-1-3-6-12/h1-3,5-6,13-16H,4,7-11,24H2,(H2,25,33)(H2,26,34)(H,30,35)(H,31,36)(H,32,37)(H,38,39)(H4,27,28,29)/t13-,14-,15-,16-/m0/s1. The van der Waals surface area contributed by atoms with Gasteiger partial charge in [-0.15, -0.1) is 0 Å². The molecule has 0 aliphatic heterocycles. The Bertz CT molecular complexity index is 1060. The number of benzene rings is 1. The minimum atomic E-state index is -1.62. The van der Waals surface area contributed by atoms with Crippen LogP contribution >= 0.6 is 0 Å². The van der Waals surface area contributed by atoms with Gasteiger partial charge in [0.2, 0.25) is 29.5 Å². The first kappa shape index (κ1) is 32.3. The Morgan fingerprint density at radius 3 is 1.72 bits per heavy atom. The largest absolute Gasteiger partial charge is 0.480 e. The fraction of sp³-hybridized carbons (Fsp3) is 0.435. The molecule has 0 aliphatic carbocycles. The van der Waals surface area contributed by atoms with Gasteiger partial charge in [-0.05, 0) is 18.4 Å². The predicted molar refractivity (Wildman–Crippen MR) is 139 cm³/mol. The highest BCUT2D eigenvalue weighted by molar-refractivity contribution is 5.97. The molecule has 1 rings (SSSR count). The highest BCUT2D eigenvalue weighted by atomic mass is 16.4. The first-order valence-electron chi connectivity index (χ1n) is 11.9. The summed E-state index contributed by atoms with van der Waals surface area (Å²) >= 11 is 0. The maximum Gasteiger partial charge on any atom is 0.326 e. The second-order valence-electron chi connectivity index (χ2n) is 8.61. The summed E-state index contributed by atoms with van der Waals surface area (Å²) in [5, 5.41) is 16.3. The summed E-state index contributed by atoms with van der Waals surface area (Å²) in [5.41, 5.74) is 27.3. The predicted octanol–water partition coefficient (Wildman–Crippen LogP) is -4.10. The van der Waals surface area contributed by atoms with Crippen LogP contribution in [0.5, 0.6) is 0 Å². The summed E-state index contributed by atoms with van der Waals surface area (Å²) in [7, 11) is 0. The van der Waals surface area contributed by atoms with Gasteiger partial charge in [-0.25, -0.2) is 4.79 Å². The quantitative estimate of drug-likeness (QED) is 0.0513. The van der Waals surface area contributed by atoms with Crippen LogP contribution in [0.4, 0.5) is 0 Å². The van der Waals surface area contributed by atoms with Gasteiger partial charge in [0.05, 0.1) is 18.9 Å². The molecule has 0 aromatic heterocycles. The Labute approximate surface area is 224 Å². The van der Waals surface area contributed by atoms with Crippen molar-refractivity contribution in [3.63, 3.8) is 0 Å². The molecule has 0 bridgehead atoms. The highest BCUT2D eigenvalue weighted by Crippen LogP contribution is 2.06. The lowest BCUT2D eigenvalue weighted by Gasteiger charge is -2.24. The summed E-state index contributed by atoms with van der Waals surface area (Å²) < 4.78 is 0. The van der Waals surface area contributed by atoms with Crippen LogP contribution in [-0.2, 0) is 35.2 Å². The molecule has 1 aromatic carbocycles. The topological polar surface area (TPSA) is 301 Å². The number of hydrogen-bond donors (Lipinski definition) is 9. The number of nitrogens with zero attached hydrogens (tertiary/aromatic N) is 1. The second kappa shape index (κ2) is 16.2. The molecule has 0 aliphatic rings. The fourth-order valence-corrected chi connectivity index (χ4v) is 3.34. The lowest BCUT2D eigenvalue weighted by Crippen LogP contribution is -2.58. The summed E-state index contributed by atoms with van der Waals surface area (Å²) in [6.07, 6.45) is -0.960. The minimum absolute atomic E-state index is 0.0828. The minimum Gasteiger partial charge on any atom is -0.480 e. The van der Waals surface area contributed by atoms with Gasteiger partial charge in [0, 0.05) is 13.0 Å². The van der Waals surface area contributed by atoms with Gasteiger partial charge in [0.1, 0.15) is 18.1 Å². The van der Waals surface area contributed by atoms with Gasteiger partial charge in [0.25, 0.3) is 0 Å². The molecule has 0 radical (unpaired) electrons. The van der Waals surface area contributed by atoms with Gasteiger partial charge in [-0.3, -0.25) is 29.0 Å². The van der Waals surface area contributed by atoms with E-state index in [1.165, 1.54) is 0 Å². The molecular formula is C23H35N9O7. The maximum absolute atomic E-state index is 12.9. The van der Waals surface area contributed by atoms with Crippen LogP contribution in [0.25, 0.3) is 0 Å². The number of nitrogens with two attached hydrogens (primary N) is 5. The summed E-state index contributed by atoms with van der Waals surface area (Å²) in [5.74, 6) is -6.30. The maximum atomic E-state index is 12.9. The van der Waals surface area contributed by atoms with Crippen LogP contribution in [0.3, 0.4) is 0 Å². The number of aliphatic carboxylic acids is 1. The Balaban J connectivity index is 2.95. The van der Waals surface area contributed by atoms with E-state index >= 15 is 0 Å². The van der Waals surface area contributed by atoms with E-state index in [1.807, 2.05) is 0 Å². The lowest BCUT2D eigenvalue weighted by atomic mass is 10.0. The fourth-order valence-electron chi connectivity index (χ4n) is 3.34. The number of amides is 5. The molecular weight excluding hydrogens is 514 g/mol. The molecule has 0 heterocycles. The third-order valence-corrected chi connectivity index (χ3v) is 5.28. The van der Waals surface area contributed by atoms with E-state index in [4.69, 9.17) is 28.7 Å². The molecule has 0 spiro atoms. The van der Waals surface area contributed by atoms with Gasteiger partial charge < -0.3 is 49.7 Å². The highest BCUT2D eigenvalue weighted by Gasteiger charge is 2.32. The molecule has 5 amide bonds. The Hall–Kier alpha value is -4.73. The zero-order valence-electron chi connectivity index (χ0n) is 21.2. The van der Waals surface area contributed by atoms with E-state index in [1.54, 1.807) is 30.3 Å². The Morgan fingerprint density at radius 2 is 1.26 bits per heavy atom. The van der Waals surface area contributed by atoms with Crippen LogP contribution in [0.2, 0.25) is 0 Å². The van der Waals surface area contributed by atoms with Gasteiger partial charge >= 0.3 is 5.97 Å². The van der Waals surface area contributed by atoms with Gasteiger partial charge in [-0.1, -0.05) is 30.3 Å². The first-order valence-corrected chi connectivity index (χ1v) is 11.9. The van der Waals surface area contributed by atoms with Crippen LogP contribution in [-0.4, -0.2) is 77.3 Å². The van der Waals surface area contributed by atoms with Gasteiger partial charge in [0.15, 0.2) is 5.96 Å². The number of nitrogens with one attached hydrogen (secondary N) is 3. The van der Waals surface area contributed by atoms with Crippen molar-refractivity contribution in [1.29, 1.82) is 0 Å². The van der Waals surface area contributed by atoms with Crippen LogP contribution in [0, 0.1) is 0 Å². The molecule has 16 heteroatoms. The third-order valence-electron chi connectivity index (χ3n) is 5.28. The number of primary amides is 2. The van der Waals surface area contributed by atoms with Crippen molar-refractivity contribution in [2.75, 3.05) is 6.54 Å². The van der Waals surface area contributed by atoms with Crippen molar-refractivity contribution in [1.82, 2.24) is 16.0 Å². The number of carbonyl (C=O) groups is 6. The Kier molecular flexibility index (Phi) is 13.4. The van der Waals surface area contributed by atoms with Crippen molar-refractivity contribution in [2.45, 2.75) is 56.3 Å². The number of rotatable bonds is 17. The third kappa shape index (κ3) is 12.9. The van der Waals surface area contributed by atoms with Gasteiger partial charge in [-0.2, -0.15) is 0 Å². The molecule has 0 unspecified atom stereocenters. The smallest absolute Gasteiger partial charge is 0.326 e. The molecule has 4 atom stereocenters. The zero-order chi connectivity index (χ0) is 29.5.